The molecule has 0 aliphatic rings. The molecule has 0 aromatic carbocycles. The van der Waals surface area contributed by atoms with Crippen molar-refractivity contribution in [2.75, 3.05) is 7.05 Å². The number of likely N-dealkylation sites (N-methyl/N-ethyl adjacent to an activating group) is 1. The Morgan fingerprint density at radius 1 is 1.47 bits per heavy atom. The number of aliphatic carboxylic acids is 1. The molecule has 0 spiro atoms. The first-order chi connectivity index (χ1) is 7.67. The van der Waals surface area contributed by atoms with Crippen LogP contribution < -0.4 is 0 Å². The van der Waals surface area contributed by atoms with E-state index in [9.17, 15) is 9.59 Å². The number of nitrogens with zero attached hydrogens (tertiary/aromatic N) is 2. The number of rotatable bonds is 3. The minimum absolute atomic E-state index is 0.328. The highest BCUT2D eigenvalue weighted by atomic mass is 79.9. The lowest BCUT2D eigenvalue weighted by molar-refractivity contribution is -0.147. The van der Waals surface area contributed by atoms with Gasteiger partial charge in [0.05, 0.1) is 0 Å². The van der Waals surface area contributed by atoms with E-state index in [0.717, 1.165) is 4.47 Å². The molecule has 0 bridgehead atoms. The van der Waals surface area contributed by atoms with Gasteiger partial charge in [0.15, 0.2) is 0 Å². The van der Waals surface area contributed by atoms with Gasteiger partial charge in [0.1, 0.15) is 11.2 Å². The van der Waals surface area contributed by atoms with Gasteiger partial charge in [-0.3, -0.25) is 4.79 Å². The molecule has 6 heteroatoms. The predicted octanol–water partition coefficient (Wildman–Crippen LogP) is 1.72. The monoisotopic (exact) mass is 302 g/mol. The summed E-state index contributed by atoms with van der Waals surface area (Å²) in [5.74, 6) is -1.37. The second-order valence-corrected chi connectivity index (χ2v) is 5.30. The quantitative estimate of drug-likeness (QED) is 0.925. The van der Waals surface area contributed by atoms with E-state index in [-0.39, 0.29) is 5.91 Å². The minimum atomic E-state index is -1.24. The van der Waals surface area contributed by atoms with Crippen molar-refractivity contribution in [2.45, 2.75) is 19.4 Å². The second kappa shape index (κ2) is 4.52. The molecule has 0 saturated carbocycles. The van der Waals surface area contributed by atoms with E-state index in [1.165, 1.54) is 25.8 Å². The molecule has 5 nitrogen and oxygen atoms in total. The Labute approximate surface area is 108 Å². The van der Waals surface area contributed by atoms with Gasteiger partial charge < -0.3 is 14.6 Å². The maximum atomic E-state index is 12.2. The molecule has 1 amide bonds. The Morgan fingerprint density at radius 3 is 2.35 bits per heavy atom. The van der Waals surface area contributed by atoms with Gasteiger partial charge in [-0.15, -0.1) is 0 Å². The molecule has 0 unspecified atom stereocenters. The lowest BCUT2D eigenvalue weighted by Crippen LogP contribution is -2.51. The summed E-state index contributed by atoms with van der Waals surface area (Å²) < 4.78 is 2.44. The van der Waals surface area contributed by atoms with E-state index < -0.39 is 11.5 Å². The molecule has 17 heavy (non-hydrogen) atoms. The number of carbonyl (C=O) groups excluding carboxylic acids is 1. The van der Waals surface area contributed by atoms with Crippen molar-refractivity contribution in [2.24, 2.45) is 7.05 Å². The fourth-order valence-electron chi connectivity index (χ4n) is 1.31. The molecule has 0 aliphatic carbocycles. The van der Waals surface area contributed by atoms with Crippen LogP contribution in [0, 0.1) is 0 Å². The average molecular weight is 303 g/mol. The normalized spacial score (nSPS) is 11.4. The van der Waals surface area contributed by atoms with Crippen LogP contribution in [0.5, 0.6) is 0 Å². The molecule has 0 aliphatic heterocycles. The van der Waals surface area contributed by atoms with E-state index in [1.807, 2.05) is 0 Å². The summed E-state index contributed by atoms with van der Waals surface area (Å²) >= 11 is 3.27. The second-order valence-electron chi connectivity index (χ2n) is 4.38. The van der Waals surface area contributed by atoms with E-state index >= 15 is 0 Å². The summed E-state index contributed by atoms with van der Waals surface area (Å²) in [6, 6.07) is 1.66. The Hall–Kier alpha value is -1.30. The summed E-state index contributed by atoms with van der Waals surface area (Å²) in [5.41, 5.74) is -0.804. The van der Waals surface area contributed by atoms with Crippen molar-refractivity contribution in [3.63, 3.8) is 0 Å². The highest BCUT2D eigenvalue weighted by molar-refractivity contribution is 9.10. The molecule has 1 rings (SSSR count). The van der Waals surface area contributed by atoms with Crippen molar-refractivity contribution in [3.8, 4) is 0 Å². The van der Waals surface area contributed by atoms with Crippen LogP contribution in [0.2, 0.25) is 0 Å². The molecular formula is C11H15BrN2O3. The average Bonchev–Trinajstić information content (AvgIpc) is 2.55. The van der Waals surface area contributed by atoms with Crippen molar-refractivity contribution >= 4 is 27.8 Å². The molecular weight excluding hydrogens is 288 g/mol. The number of aryl methyl sites for hydroxylation is 1. The number of hydrogen-bond donors (Lipinski definition) is 1. The van der Waals surface area contributed by atoms with Gasteiger partial charge in [0.2, 0.25) is 0 Å². The fraction of sp³-hybridized carbons (Fsp3) is 0.455. The van der Waals surface area contributed by atoms with Crippen molar-refractivity contribution in [1.29, 1.82) is 0 Å². The number of aromatic nitrogens is 1. The van der Waals surface area contributed by atoms with Gasteiger partial charge in [0.25, 0.3) is 5.91 Å². The van der Waals surface area contributed by atoms with Crippen LogP contribution in [-0.4, -0.2) is 39.0 Å². The summed E-state index contributed by atoms with van der Waals surface area (Å²) in [7, 11) is 3.22. The number of carboxylic acid groups (broad SMARTS) is 1. The molecule has 1 aromatic heterocycles. The van der Waals surface area contributed by atoms with Crippen LogP contribution in [0.1, 0.15) is 24.3 Å². The van der Waals surface area contributed by atoms with Gasteiger partial charge >= 0.3 is 5.97 Å². The number of carbonyl (C=O) groups is 2. The van der Waals surface area contributed by atoms with Crippen LogP contribution in [0.25, 0.3) is 0 Å². The number of carboxylic acids is 1. The van der Waals surface area contributed by atoms with Gasteiger partial charge in [-0.05, 0) is 35.8 Å². The first-order valence-electron chi connectivity index (χ1n) is 5.01. The van der Waals surface area contributed by atoms with Gasteiger partial charge in [-0.1, -0.05) is 0 Å². The fourth-order valence-corrected chi connectivity index (χ4v) is 1.83. The van der Waals surface area contributed by atoms with Crippen LogP contribution in [0.4, 0.5) is 0 Å². The largest absolute Gasteiger partial charge is 0.480 e. The minimum Gasteiger partial charge on any atom is -0.480 e. The van der Waals surface area contributed by atoms with Crippen LogP contribution in [-0.2, 0) is 11.8 Å². The summed E-state index contributed by atoms with van der Waals surface area (Å²) in [6.45, 7) is 2.98. The van der Waals surface area contributed by atoms with E-state index in [4.69, 9.17) is 5.11 Å². The lowest BCUT2D eigenvalue weighted by Gasteiger charge is -2.31. The molecule has 0 saturated heterocycles. The highest BCUT2D eigenvalue weighted by Gasteiger charge is 2.36. The molecule has 94 valence electrons. The van der Waals surface area contributed by atoms with Gasteiger partial charge in [-0.25, -0.2) is 4.79 Å². The molecule has 1 N–H and O–H groups in total. The number of amides is 1. The predicted molar refractivity (Wildman–Crippen MR) is 66.9 cm³/mol. The summed E-state index contributed by atoms with van der Waals surface area (Å²) in [6.07, 6.45) is 1.74. The number of hydrogen-bond acceptors (Lipinski definition) is 2. The Bertz CT molecular complexity index is 465. The van der Waals surface area contributed by atoms with Crippen molar-refractivity contribution in [1.82, 2.24) is 9.47 Å². The SMILES string of the molecule is CN(C(=O)c1cc(Br)cn1C)C(C)(C)C(=O)O. The van der Waals surface area contributed by atoms with Crippen LogP contribution in [0.3, 0.4) is 0 Å². The topological polar surface area (TPSA) is 62.5 Å². The van der Waals surface area contributed by atoms with E-state index in [1.54, 1.807) is 23.9 Å². The van der Waals surface area contributed by atoms with Crippen molar-refractivity contribution < 1.29 is 14.7 Å². The third kappa shape index (κ3) is 2.52. The molecule has 0 radical (unpaired) electrons. The highest BCUT2D eigenvalue weighted by Crippen LogP contribution is 2.19. The van der Waals surface area contributed by atoms with Gasteiger partial charge in [-0.2, -0.15) is 0 Å². The smallest absolute Gasteiger partial charge is 0.329 e. The zero-order valence-electron chi connectivity index (χ0n) is 10.2. The standard InChI is InChI=1S/C11H15BrN2O3/c1-11(2,10(16)17)14(4)9(15)8-5-7(12)6-13(8)3/h5-6H,1-4H3,(H,16,17). The Kier molecular flexibility index (Phi) is 3.66. The molecule has 0 atom stereocenters. The van der Waals surface area contributed by atoms with E-state index in [2.05, 4.69) is 15.9 Å². The third-order valence-corrected chi connectivity index (χ3v) is 3.29. The van der Waals surface area contributed by atoms with Crippen LogP contribution >= 0.6 is 15.9 Å². The first-order valence-corrected chi connectivity index (χ1v) is 5.80. The Morgan fingerprint density at radius 2 is 2.00 bits per heavy atom. The third-order valence-electron chi connectivity index (χ3n) is 2.86. The lowest BCUT2D eigenvalue weighted by atomic mass is 10.0. The Balaban J connectivity index is 3.06. The first kappa shape index (κ1) is 13.8. The van der Waals surface area contributed by atoms with E-state index in [0.29, 0.717) is 5.69 Å². The summed E-state index contributed by atoms with van der Waals surface area (Å²) in [5, 5.41) is 9.07. The molecule has 1 aromatic rings. The van der Waals surface area contributed by atoms with Crippen LogP contribution in [0.15, 0.2) is 16.7 Å². The summed E-state index contributed by atoms with van der Waals surface area (Å²) in [4.78, 5) is 24.4. The maximum Gasteiger partial charge on any atom is 0.329 e. The number of halogens is 1. The maximum absolute atomic E-state index is 12.2. The van der Waals surface area contributed by atoms with Gasteiger partial charge in [0, 0.05) is 24.8 Å². The molecule has 0 fully saturated rings. The van der Waals surface area contributed by atoms with Crippen molar-refractivity contribution in [3.05, 3.63) is 22.4 Å². The zero-order valence-corrected chi connectivity index (χ0v) is 11.8. The zero-order chi connectivity index (χ0) is 13.4. The molecule has 1 heterocycles.